The molecule has 0 unspecified atom stereocenters. The average molecular weight is 413 g/mol. The second-order valence-electron chi connectivity index (χ2n) is 5.11. The number of carbonyl (C=O) groups is 1. The number of hydrogen-bond donors (Lipinski definition) is 1. The van der Waals surface area contributed by atoms with E-state index in [1.165, 1.54) is 21.5 Å². The highest BCUT2D eigenvalue weighted by molar-refractivity contribution is 9.10. The lowest BCUT2D eigenvalue weighted by Gasteiger charge is -2.02. The summed E-state index contributed by atoms with van der Waals surface area (Å²) in [5, 5.41) is 11.2. The van der Waals surface area contributed by atoms with Crippen molar-refractivity contribution in [2.75, 3.05) is 5.32 Å². The van der Waals surface area contributed by atoms with Crippen molar-refractivity contribution in [1.82, 2.24) is 19.6 Å². The molecule has 0 radical (unpaired) electrons. The molecule has 1 amide bonds. The topological polar surface area (TPSA) is 64.7 Å². The molecule has 124 valence electrons. The van der Waals surface area contributed by atoms with Crippen molar-refractivity contribution in [3.8, 4) is 0 Å². The first-order valence-corrected chi connectivity index (χ1v) is 8.07. The number of aromatic nitrogens is 4. The molecule has 1 aromatic carbocycles. The second kappa shape index (κ2) is 6.74. The van der Waals surface area contributed by atoms with Crippen molar-refractivity contribution in [2.24, 2.45) is 7.05 Å². The maximum Gasteiger partial charge on any atom is 0.278 e. The summed E-state index contributed by atoms with van der Waals surface area (Å²) in [6.45, 7) is 0.334. The zero-order valence-corrected chi connectivity index (χ0v) is 14.8. The van der Waals surface area contributed by atoms with Gasteiger partial charge in [-0.3, -0.25) is 14.2 Å². The SMILES string of the molecule is Cn1cc(Br)c(C(=O)Nc2nn(Cc3cccc(F)c3)cc2Cl)n1. The van der Waals surface area contributed by atoms with Crippen molar-refractivity contribution in [1.29, 1.82) is 0 Å². The number of rotatable bonds is 4. The van der Waals surface area contributed by atoms with Gasteiger partial charge in [-0.25, -0.2) is 4.39 Å². The molecular weight excluding hydrogens is 401 g/mol. The Bertz CT molecular complexity index is 907. The number of nitrogens with zero attached hydrogens (tertiary/aromatic N) is 4. The lowest BCUT2D eigenvalue weighted by molar-refractivity contribution is 0.102. The molecule has 0 atom stereocenters. The summed E-state index contributed by atoms with van der Waals surface area (Å²) in [4.78, 5) is 12.2. The number of benzene rings is 1. The van der Waals surface area contributed by atoms with Gasteiger partial charge in [0.15, 0.2) is 11.5 Å². The highest BCUT2D eigenvalue weighted by atomic mass is 79.9. The van der Waals surface area contributed by atoms with E-state index in [2.05, 4.69) is 31.4 Å². The normalized spacial score (nSPS) is 10.8. The summed E-state index contributed by atoms with van der Waals surface area (Å²) >= 11 is 9.38. The molecule has 0 aliphatic carbocycles. The third-order valence-corrected chi connectivity index (χ3v) is 4.04. The minimum atomic E-state index is -0.430. The van der Waals surface area contributed by atoms with Gasteiger partial charge < -0.3 is 5.32 Å². The van der Waals surface area contributed by atoms with Gasteiger partial charge in [0.2, 0.25) is 0 Å². The maximum atomic E-state index is 13.2. The van der Waals surface area contributed by atoms with Crippen molar-refractivity contribution in [3.05, 3.63) is 63.2 Å². The van der Waals surface area contributed by atoms with Crippen LogP contribution in [0.3, 0.4) is 0 Å². The zero-order chi connectivity index (χ0) is 17.3. The molecular formula is C15H12BrClFN5O. The van der Waals surface area contributed by atoms with Gasteiger partial charge in [0, 0.05) is 19.4 Å². The first-order valence-electron chi connectivity index (χ1n) is 6.90. The van der Waals surface area contributed by atoms with Gasteiger partial charge in [0.1, 0.15) is 10.8 Å². The monoisotopic (exact) mass is 411 g/mol. The van der Waals surface area contributed by atoms with Crippen LogP contribution in [-0.2, 0) is 13.6 Å². The Morgan fingerprint density at radius 3 is 2.83 bits per heavy atom. The van der Waals surface area contributed by atoms with Gasteiger partial charge >= 0.3 is 0 Å². The van der Waals surface area contributed by atoms with Crippen molar-refractivity contribution < 1.29 is 9.18 Å². The van der Waals surface area contributed by atoms with Crippen LogP contribution in [0.15, 0.2) is 41.1 Å². The van der Waals surface area contributed by atoms with Gasteiger partial charge in [-0.05, 0) is 33.6 Å². The minimum Gasteiger partial charge on any atom is -0.302 e. The Balaban J connectivity index is 1.76. The predicted molar refractivity (Wildman–Crippen MR) is 91.6 cm³/mol. The standard InChI is InChI=1S/C15H12BrClFN5O/c1-22-7-11(16)13(20-22)15(24)19-14-12(17)8-23(21-14)6-9-3-2-4-10(18)5-9/h2-5,7-8H,6H2,1H3,(H,19,21,24). The Hall–Kier alpha value is -2.19. The predicted octanol–water partition coefficient (Wildman–Crippen LogP) is 3.47. The van der Waals surface area contributed by atoms with E-state index in [9.17, 15) is 9.18 Å². The number of nitrogens with one attached hydrogen (secondary N) is 1. The summed E-state index contributed by atoms with van der Waals surface area (Å²) in [6, 6.07) is 6.19. The van der Waals surface area contributed by atoms with E-state index in [1.54, 1.807) is 31.6 Å². The molecule has 2 heterocycles. The molecule has 0 aliphatic heterocycles. The van der Waals surface area contributed by atoms with Crippen LogP contribution in [0.5, 0.6) is 0 Å². The van der Waals surface area contributed by atoms with Crippen molar-refractivity contribution >= 4 is 39.3 Å². The molecule has 2 aromatic heterocycles. The van der Waals surface area contributed by atoms with Crippen LogP contribution in [0.25, 0.3) is 0 Å². The summed E-state index contributed by atoms with van der Waals surface area (Å²) in [5.74, 6) is -0.532. The fourth-order valence-corrected chi connectivity index (χ4v) is 2.92. The molecule has 0 saturated carbocycles. The fraction of sp³-hybridized carbons (Fsp3) is 0.133. The summed E-state index contributed by atoms with van der Waals surface area (Å²) in [7, 11) is 1.71. The molecule has 3 rings (SSSR count). The Morgan fingerprint density at radius 2 is 2.17 bits per heavy atom. The highest BCUT2D eigenvalue weighted by Gasteiger charge is 2.17. The van der Waals surface area contributed by atoms with E-state index in [0.29, 0.717) is 11.0 Å². The molecule has 6 nitrogen and oxygen atoms in total. The third-order valence-electron chi connectivity index (χ3n) is 3.18. The molecule has 0 saturated heterocycles. The van der Waals surface area contributed by atoms with E-state index >= 15 is 0 Å². The van der Waals surface area contributed by atoms with Gasteiger partial charge in [-0.1, -0.05) is 23.7 Å². The Kier molecular flexibility index (Phi) is 4.68. The molecule has 0 aliphatic rings. The number of carbonyl (C=O) groups excluding carboxylic acids is 1. The molecule has 0 spiro atoms. The molecule has 3 aromatic rings. The van der Waals surface area contributed by atoms with E-state index in [1.807, 2.05) is 0 Å². The van der Waals surface area contributed by atoms with Crippen LogP contribution < -0.4 is 5.32 Å². The Morgan fingerprint density at radius 1 is 1.38 bits per heavy atom. The highest BCUT2D eigenvalue weighted by Crippen LogP contribution is 2.22. The smallest absolute Gasteiger partial charge is 0.278 e. The van der Waals surface area contributed by atoms with Crippen LogP contribution in [-0.4, -0.2) is 25.5 Å². The fourth-order valence-electron chi connectivity index (χ4n) is 2.17. The second-order valence-corrected chi connectivity index (χ2v) is 6.37. The third kappa shape index (κ3) is 3.65. The first-order chi connectivity index (χ1) is 11.4. The van der Waals surface area contributed by atoms with E-state index < -0.39 is 5.91 Å². The minimum absolute atomic E-state index is 0.218. The lowest BCUT2D eigenvalue weighted by Crippen LogP contribution is -2.14. The Labute approximate surface area is 150 Å². The first kappa shape index (κ1) is 16.7. The van der Waals surface area contributed by atoms with E-state index in [-0.39, 0.29) is 22.4 Å². The molecule has 0 fully saturated rings. The largest absolute Gasteiger partial charge is 0.302 e. The number of aryl methyl sites for hydroxylation is 1. The maximum absolute atomic E-state index is 13.2. The van der Waals surface area contributed by atoms with Gasteiger partial charge in [0.25, 0.3) is 5.91 Å². The average Bonchev–Trinajstić information content (AvgIpc) is 3.01. The van der Waals surface area contributed by atoms with Gasteiger partial charge in [-0.2, -0.15) is 10.2 Å². The van der Waals surface area contributed by atoms with Crippen LogP contribution in [0.2, 0.25) is 5.02 Å². The van der Waals surface area contributed by atoms with Crippen LogP contribution >= 0.6 is 27.5 Å². The van der Waals surface area contributed by atoms with E-state index in [4.69, 9.17) is 11.6 Å². The molecule has 0 bridgehead atoms. The number of amides is 1. The number of halogens is 3. The number of hydrogen-bond acceptors (Lipinski definition) is 3. The van der Waals surface area contributed by atoms with Gasteiger partial charge in [-0.15, -0.1) is 0 Å². The molecule has 24 heavy (non-hydrogen) atoms. The van der Waals surface area contributed by atoms with Crippen LogP contribution in [0, 0.1) is 5.82 Å². The zero-order valence-electron chi connectivity index (χ0n) is 12.5. The summed E-state index contributed by atoms with van der Waals surface area (Å²) in [5.41, 5.74) is 0.966. The van der Waals surface area contributed by atoms with E-state index in [0.717, 1.165) is 5.56 Å². The number of anilines is 1. The van der Waals surface area contributed by atoms with Crippen LogP contribution in [0.4, 0.5) is 10.2 Å². The lowest BCUT2D eigenvalue weighted by atomic mass is 10.2. The molecule has 1 N–H and O–H groups in total. The quantitative estimate of drug-likeness (QED) is 0.713. The van der Waals surface area contributed by atoms with Crippen LogP contribution in [0.1, 0.15) is 16.1 Å². The molecule has 9 heteroatoms. The van der Waals surface area contributed by atoms with Gasteiger partial charge in [0.05, 0.1) is 11.0 Å². The summed E-state index contributed by atoms with van der Waals surface area (Å²) in [6.07, 6.45) is 3.23. The summed E-state index contributed by atoms with van der Waals surface area (Å²) < 4.78 is 16.8. The van der Waals surface area contributed by atoms with Crippen molar-refractivity contribution in [3.63, 3.8) is 0 Å². The van der Waals surface area contributed by atoms with Crippen molar-refractivity contribution in [2.45, 2.75) is 6.54 Å².